The molecule has 1 N–H and O–H groups in total. The van der Waals surface area contributed by atoms with Gasteiger partial charge >= 0.3 is 0 Å². The van der Waals surface area contributed by atoms with Gasteiger partial charge in [-0.15, -0.1) is 0 Å². The molecule has 35 heavy (non-hydrogen) atoms. The number of anilines is 1. The number of benzene rings is 1. The molecule has 9 heteroatoms. The average Bonchev–Trinajstić information content (AvgIpc) is 2.80. The summed E-state index contributed by atoms with van der Waals surface area (Å²) >= 11 is 0. The van der Waals surface area contributed by atoms with Crippen LogP contribution in [0.2, 0.25) is 0 Å². The Morgan fingerprint density at radius 2 is 1.80 bits per heavy atom. The monoisotopic (exact) mass is 486 g/mol. The maximum absolute atomic E-state index is 13.8. The van der Waals surface area contributed by atoms with Crippen molar-refractivity contribution in [3.8, 4) is 0 Å². The minimum atomic E-state index is -2.63. The molecule has 1 aromatic heterocycles. The number of hydrogen-bond acceptors (Lipinski definition) is 5. The lowest BCUT2D eigenvalue weighted by Gasteiger charge is -2.60. The van der Waals surface area contributed by atoms with Gasteiger partial charge in [-0.25, -0.2) is 13.8 Å². The molecule has 3 aliphatic rings. The van der Waals surface area contributed by atoms with E-state index in [0.717, 1.165) is 5.56 Å². The number of alkyl halides is 2. The van der Waals surface area contributed by atoms with Gasteiger partial charge < -0.3 is 14.9 Å². The van der Waals surface area contributed by atoms with E-state index in [0.29, 0.717) is 44.6 Å². The van der Waals surface area contributed by atoms with Gasteiger partial charge in [-0.2, -0.15) is 0 Å². The summed E-state index contributed by atoms with van der Waals surface area (Å²) in [6.45, 7) is 3.42. The fourth-order valence-electron chi connectivity index (χ4n) is 5.55. The Labute approximate surface area is 203 Å². The predicted octanol–water partition coefficient (Wildman–Crippen LogP) is 3.03. The van der Waals surface area contributed by atoms with E-state index in [4.69, 9.17) is 0 Å². The fraction of sp³-hybridized carbons (Fsp3) is 0.577. The molecule has 2 aromatic rings. The third kappa shape index (κ3) is 4.46. The molecule has 1 spiro atoms. The molecule has 1 unspecified atom stereocenters. The van der Waals surface area contributed by atoms with Gasteiger partial charge in [0.25, 0.3) is 11.5 Å². The van der Waals surface area contributed by atoms with Gasteiger partial charge in [0.05, 0.1) is 23.9 Å². The maximum atomic E-state index is 13.8. The van der Waals surface area contributed by atoms with E-state index >= 15 is 0 Å². The number of aromatic nitrogens is 2. The molecule has 0 radical (unpaired) electrons. The first kappa shape index (κ1) is 23.9. The largest absolute Gasteiger partial charge is 0.388 e. The standard InChI is InChI=1S/C26H32F2N4O3/c1-19(20-5-3-2-4-6-20)13-22(33)30-11-9-25(35,10-12-30)17-32-18-29-21(14-23(32)34)31-15-24(16-31)7-8-26(24,27)28/h2-6,14,18-19,35H,7-13,15-17H2,1H3. The van der Waals surface area contributed by atoms with Crippen molar-refractivity contribution >= 4 is 11.7 Å². The maximum Gasteiger partial charge on any atom is 0.257 e. The summed E-state index contributed by atoms with van der Waals surface area (Å²) in [4.78, 5) is 33.3. The van der Waals surface area contributed by atoms with Gasteiger partial charge in [0.15, 0.2) is 0 Å². The van der Waals surface area contributed by atoms with Crippen molar-refractivity contribution in [2.24, 2.45) is 5.41 Å². The summed E-state index contributed by atoms with van der Waals surface area (Å²) in [6.07, 6.45) is 2.98. The molecular weight excluding hydrogens is 454 g/mol. The van der Waals surface area contributed by atoms with Gasteiger partial charge in [0.2, 0.25) is 5.91 Å². The van der Waals surface area contributed by atoms with Gasteiger partial charge in [-0.05, 0) is 30.7 Å². The Morgan fingerprint density at radius 3 is 2.37 bits per heavy atom. The molecule has 1 aromatic carbocycles. The lowest BCUT2D eigenvalue weighted by atomic mass is 9.60. The Morgan fingerprint density at radius 1 is 1.11 bits per heavy atom. The number of piperidine rings is 1. The van der Waals surface area contributed by atoms with Crippen LogP contribution < -0.4 is 10.5 Å². The normalized spacial score (nSPS) is 22.9. The second-order valence-corrected chi connectivity index (χ2v) is 10.7. The second kappa shape index (κ2) is 8.69. The van der Waals surface area contributed by atoms with Crippen molar-refractivity contribution in [1.29, 1.82) is 0 Å². The molecule has 2 saturated heterocycles. The number of aliphatic hydroxyl groups is 1. The van der Waals surface area contributed by atoms with E-state index in [9.17, 15) is 23.5 Å². The number of carbonyl (C=O) groups is 1. The molecule has 7 nitrogen and oxygen atoms in total. The van der Waals surface area contributed by atoms with Crippen LogP contribution in [-0.4, -0.2) is 63.2 Å². The average molecular weight is 487 g/mol. The van der Waals surface area contributed by atoms with Crippen LogP contribution in [0.15, 0.2) is 47.5 Å². The summed E-state index contributed by atoms with van der Waals surface area (Å²) in [5.74, 6) is -2.04. The van der Waals surface area contributed by atoms with Crippen LogP contribution in [-0.2, 0) is 11.3 Å². The van der Waals surface area contributed by atoms with Crippen molar-refractivity contribution in [2.45, 2.75) is 63.0 Å². The highest BCUT2D eigenvalue weighted by molar-refractivity contribution is 5.77. The molecule has 1 saturated carbocycles. The van der Waals surface area contributed by atoms with Crippen LogP contribution >= 0.6 is 0 Å². The summed E-state index contributed by atoms with van der Waals surface area (Å²) in [7, 11) is 0. The zero-order chi connectivity index (χ0) is 24.8. The van der Waals surface area contributed by atoms with E-state index in [2.05, 4.69) is 4.98 Å². The number of likely N-dealkylation sites (tertiary alicyclic amines) is 1. The number of amides is 1. The Bertz CT molecular complexity index is 1140. The lowest BCUT2D eigenvalue weighted by molar-refractivity contribution is -0.212. The van der Waals surface area contributed by atoms with Gasteiger partial charge in [0.1, 0.15) is 5.82 Å². The fourth-order valence-corrected chi connectivity index (χ4v) is 5.55. The van der Waals surface area contributed by atoms with Gasteiger partial charge in [0, 0.05) is 45.1 Å². The number of hydrogen-bond donors (Lipinski definition) is 1. The van der Waals surface area contributed by atoms with Crippen LogP contribution in [0.5, 0.6) is 0 Å². The minimum Gasteiger partial charge on any atom is -0.388 e. The molecule has 1 amide bonds. The molecule has 1 aliphatic carbocycles. The highest BCUT2D eigenvalue weighted by atomic mass is 19.3. The van der Waals surface area contributed by atoms with Crippen molar-refractivity contribution in [3.05, 3.63) is 58.6 Å². The zero-order valence-corrected chi connectivity index (χ0v) is 20.0. The molecule has 2 aliphatic heterocycles. The second-order valence-electron chi connectivity index (χ2n) is 10.7. The number of rotatable bonds is 6. The SMILES string of the molecule is CC(CC(=O)N1CCC(O)(Cn2cnc(N3CC4(CCC4(F)F)C3)cc2=O)CC1)c1ccccc1. The van der Waals surface area contributed by atoms with Crippen LogP contribution in [0, 0.1) is 5.41 Å². The first-order valence-electron chi connectivity index (χ1n) is 12.3. The number of halogens is 2. The summed E-state index contributed by atoms with van der Waals surface area (Å²) in [6, 6.07) is 11.3. The predicted molar refractivity (Wildman–Crippen MR) is 128 cm³/mol. The van der Waals surface area contributed by atoms with Crippen LogP contribution in [0.4, 0.5) is 14.6 Å². The van der Waals surface area contributed by atoms with Crippen molar-refractivity contribution < 1.29 is 18.7 Å². The van der Waals surface area contributed by atoms with E-state index in [1.807, 2.05) is 37.3 Å². The molecule has 3 heterocycles. The Hall–Kier alpha value is -2.81. The highest BCUT2D eigenvalue weighted by Crippen LogP contribution is 2.59. The lowest BCUT2D eigenvalue weighted by Crippen LogP contribution is -2.70. The Kier molecular flexibility index (Phi) is 5.94. The molecule has 188 valence electrons. The summed E-state index contributed by atoms with van der Waals surface area (Å²) < 4.78 is 29.0. The molecule has 0 bridgehead atoms. The van der Waals surface area contributed by atoms with Gasteiger partial charge in [-0.3, -0.25) is 14.2 Å². The summed E-state index contributed by atoms with van der Waals surface area (Å²) in [5.41, 5.74) is -1.26. The van der Waals surface area contributed by atoms with Gasteiger partial charge in [-0.1, -0.05) is 37.3 Å². The van der Waals surface area contributed by atoms with Crippen molar-refractivity contribution in [1.82, 2.24) is 14.5 Å². The zero-order valence-electron chi connectivity index (χ0n) is 20.0. The topological polar surface area (TPSA) is 78.7 Å². The van der Waals surface area contributed by atoms with Crippen LogP contribution in [0.1, 0.15) is 50.5 Å². The highest BCUT2D eigenvalue weighted by Gasteiger charge is 2.67. The smallest absolute Gasteiger partial charge is 0.257 e. The van der Waals surface area contributed by atoms with E-state index < -0.39 is 16.9 Å². The Balaban J connectivity index is 1.14. The van der Waals surface area contributed by atoms with E-state index in [1.165, 1.54) is 17.0 Å². The minimum absolute atomic E-state index is 0.0657. The molecular formula is C26H32F2N4O3. The third-order valence-electron chi connectivity index (χ3n) is 8.23. The van der Waals surface area contributed by atoms with Crippen molar-refractivity contribution in [2.75, 3.05) is 31.1 Å². The van der Waals surface area contributed by atoms with E-state index in [-0.39, 0.29) is 43.4 Å². The van der Waals surface area contributed by atoms with Crippen LogP contribution in [0.3, 0.4) is 0 Å². The molecule has 1 atom stereocenters. The van der Waals surface area contributed by atoms with E-state index in [1.54, 1.807) is 9.80 Å². The van der Waals surface area contributed by atoms with Crippen LogP contribution in [0.25, 0.3) is 0 Å². The first-order chi connectivity index (χ1) is 16.6. The molecule has 3 fully saturated rings. The number of carbonyl (C=O) groups excluding carboxylic acids is 1. The first-order valence-corrected chi connectivity index (χ1v) is 12.3. The number of nitrogens with zero attached hydrogens (tertiary/aromatic N) is 4. The molecule has 5 rings (SSSR count). The summed E-state index contributed by atoms with van der Waals surface area (Å²) in [5, 5.41) is 11.1. The van der Waals surface area contributed by atoms with Crippen molar-refractivity contribution in [3.63, 3.8) is 0 Å². The third-order valence-corrected chi connectivity index (χ3v) is 8.23. The quantitative estimate of drug-likeness (QED) is 0.679.